The van der Waals surface area contributed by atoms with Gasteiger partial charge in [0.2, 0.25) is 5.91 Å². The van der Waals surface area contributed by atoms with Gasteiger partial charge in [0.1, 0.15) is 5.01 Å². The number of nitrogens with one attached hydrogen (secondary N) is 1. The van der Waals surface area contributed by atoms with Crippen LogP contribution in [0.1, 0.15) is 37.1 Å². The van der Waals surface area contributed by atoms with Crippen LogP contribution in [0.2, 0.25) is 0 Å². The molecule has 1 fully saturated rings. The molecule has 1 atom stereocenters. The van der Waals surface area contributed by atoms with E-state index < -0.39 is 0 Å². The molecule has 24 heavy (non-hydrogen) atoms. The first-order valence-corrected chi connectivity index (χ1v) is 11.6. The van der Waals surface area contributed by atoms with Crippen LogP contribution >= 0.6 is 32.9 Å². The third-order valence-electron chi connectivity index (χ3n) is 3.97. The summed E-state index contributed by atoms with van der Waals surface area (Å²) in [6.45, 7) is 0.533. The summed E-state index contributed by atoms with van der Waals surface area (Å²) in [5.74, 6) is 1.43. The Bertz CT molecular complexity index is 639. The number of carbonyl (C=O) groups excluding carboxylic acids is 1. The van der Waals surface area contributed by atoms with Gasteiger partial charge in [-0.05, 0) is 19.3 Å². The zero-order valence-corrected chi connectivity index (χ0v) is 16.0. The Labute approximate surface area is 155 Å². The Hall–Kier alpha value is -0.980. The Kier molecular flexibility index (Phi) is 7.05. The van der Waals surface area contributed by atoms with Crippen LogP contribution in [0.25, 0.3) is 11.3 Å². The minimum atomic E-state index is 0.139. The topological polar surface area (TPSA) is 42.0 Å². The quantitative estimate of drug-likeness (QED) is 0.510. The van der Waals surface area contributed by atoms with Crippen LogP contribution in [0, 0.1) is 0 Å². The van der Waals surface area contributed by atoms with E-state index in [2.05, 4.69) is 22.4 Å². The molecule has 6 heteroatoms. The van der Waals surface area contributed by atoms with Crippen LogP contribution in [0.4, 0.5) is 0 Å². The first-order valence-electron chi connectivity index (χ1n) is 8.36. The summed E-state index contributed by atoms with van der Waals surface area (Å²) in [5.41, 5.74) is 2.10. The zero-order chi connectivity index (χ0) is 16.6. The highest BCUT2D eigenvalue weighted by atomic mass is 33.1. The van der Waals surface area contributed by atoms with Crippen LogP contribution in [0.15, 0.2) is 35.7 Å². The van der Waals surface area contributed by atoms with Gasteiger partial charge in [0.25, 0.3) is 0 Å². The molecule has 0 aliphatic carbocycles. The van der Waals surface area contributed by atoms with E-state index in [1.54, 1.807) is 11.3 Å². The van der Waals surface area contributed by atoms with Crippen molar-refractivity contribution in [2.45, 2.75) is 43.9 Å². The summed E-state index contributed by atoms with van der Waals surface area (Å²) in [4.78, 5) is 16.5. The van der Waals surface area contributed by atoms with Crippen molar-refractivity contribution in [2.75, 3.05) is 5.75 Å². The first kappa shape index (κ1) is 17.8. The Morgan fingerprint density at radius 1 is 1.25 bits per heavy atom. The number of nitrogens with zero attached hydrogens (tertiary/aromatic N) is 1. The molecule has 3 rings (SSSR count). The summed E-state index contributed by atoms with van der Waals surface area (Å²) in [7, 11) is 4.00. The molecule has 1 aliphatic heterocycles. The monoisotopic (exact) mass is 378 g/mol. The van der Waals surface area contributed by atoms with Gasteiger partial charge in [0.05, 0.1) is 12.2 Å². The second kappa shape index (κ2) is 9.49. The van der Waals surface area contributed by atoms with Crippen LogP contribution in [-0.4, -0.2) is 21.9 Å². The zero-order valence-electron chi connectivity index (χ0n) is 13.6. The van der Waals surface area contributed by atoms with Gasteiger partial charge in [-0.1, -0.05) is 58.3 Å². The number of hydrogen-bond donors (Lipinski definition) is 1. The minimum Gasteiger partial charge on any atom is -0.350 e. The number of hydrogen-bond acceptors (Lipinski definition) is 5. The van der Waals surface area contributed by atoms with Gasteiger partial charge in [0, 0.05) is 28.4 Å². The molecular weight excluding hydrogens is 356 g/mol. The molecule has 0 bridgehead atoms. The summed E-state index contributed by atoms with van der Waals surface area (Å²) in [6.07, 6.45) is 5.34. The van der Waals surface area contributed by atoms with Crippen molar-refractivity contribution >= 4 is 38.8 Å². The summed E-state index contributed by atoms with van der Waals surface area (Å²) < 4.78 is 0. The molecular formula is C18H22N2OS3. The fraction of sp³-hybridized carbons (Fsp3) is 0.444. The molecule has 0 radical (unpaired) electrons. The summed E-state index contributed by atoms with van der Waals surface area (Å²) in [6, 6.07) is 10.1. The molecule has 1 saturated heterocycles. The van der Waals surface area contributed by atoms with Crippen molar-refractivity contribution in [1.29, 1.82) is 0 Å². The number of amides is 1. The maximum absolute atomic E-state index is 11.9. The molecule has 1 aromatic heterocycles. The van der Waals surface area contributed by atoms with Gasteiger partial charge in [-0.3, -0.25) is 4.79 Å². The highest BCUT2D eigenvalue weighted by Crippen LogP contribution is 2.39. The Morgan fingerprint density at radius 3 is 2.92 bits per heavy atom. The van der Waals surface area contributed by atoms with E-state index in [1.807, 2.05) is 45.2 Å². The second-order valence-electron chi connectivity index (χ2n) is 5.84. The fourth-order valence-corrected chi connectivity index (χ4v) is 6.39. The molecule has 2 aromatic rings. The lowest BCUT2D eigenvalue weighted by Crippen LogP contribution is -2.22. The molecule has 1 N–H and O–H groups in total. The average Bonchev–Trinajstić information content (AvgIpc) is 3.29. The average molecular weight is 379 g/mol. The van der Waals surface area contributed by atoms with Crippen molar-refractivity contribution in [3.63, 3.8) is 0 Å². The number of thiazole rings is 1. The number of benzene rings is 1. The van der Waals surface area contributed by atoms with Gasteiger partial charge in [-0.25, -0.2) is 4.98 Å². The Balaban J connectivity index is 1.35. The lowest BCUT2D eigenvalue weighted by molar-refractivity contribution is -0.121. The van der Waals surface area contributed by atoms with Crippen LogP contribution < -0.4 is 5.32 Å². The second-order valence-corrected chi connectivity index (χ2v) is 9.57. The fourth-order valence-electron chi connectivity index (χ4n) is 2.62. The van der Waals surface area contributed by atoms with Crippen molar-refractivity contribution in [3.05, 3.63) is 40.7 Å². The van der Waals surface area contributed by atoms with E-state index in [1.165, 1.54) is 18.6 Å². The van der Waals surface area contributed by atoms with E-state index in [4.69, 9.17) is 0 Å². The maximum atomic E-state index is 11.9. The van der Waals surface area contributed by atoms with Gasteiger partial charge in [-0.15, -0.1) is 11.3 Å². The van der Waals surface area contributed by atoms with E-state index in [9.17, 15) is 4.79 Å². The first-order chi connectivity index (χ1) is 11.8. The van der Waals surface area contributed by atoms with Crippen molar-refractivity contribution in [3.8, 4) is 11.3 Å². The molecule has 3 nitrogen and oxygen atoms in total. The van der Waals surface area contributed by atoms with Gasteiger partial charge in [-0.2, -0.15) is 0 Å². The standard InChI is InChI=1S/C18H22N2OS3/c21-17(9-5-4-8-15-10-11-23-24-15)19-12-18-20-16(13-22-18)14-6-2-1-3-7-14/h1-3,6-7,13,15H,4-5,8-12H2,(H,19,21). The van der Waals surface area contributed by atoms with Crippen LogP contribution in [0.3, 0.4) is 0 Å². The third kappa shape index (κ3) is 5.53. The van der Waals surface area contributed by atoms with Crippen molar-refractivity contribution < 1.29 is 4.79 Å². The molecule has 128 valence electrons. The van der Waals surface area contributed by atoms with Crippen molar-refractivity contribution in [2.24, 2.45) is 0 Å². The van der Waals surface area contributed by atoms with E-state index in [0.717, 1.165) is 34.4 Å². The minimum absolute atomic E-state index is 0.139. The molecule has 0 saturated carbocycles. The molecule has 1 aliphatic rings. The van der Waals surface area contributed by atoms with Crippen LogP contribution in [-0.2, 0) is 11.3 Å². The maximum Gasteiger partial charge on any atom is 0.220 e. The molecule has 1 amide bonds. The van der Waals surface area contributed by atoms with Crippen LogP contribution in [0.5, 0.6) is 0 Å². The third-order valence-corrected chi connectivity index (χ3v) is 7.82. The molecule has 2 heterocycles. The normalized spacial score (nSPS) is 17.1. The van der Waals surface area contributed by atoms with E-state index in [-0.39, 0.29) is 5.91 Å². The molecule has 0 spiro atoms. The smallest absolute Gasteiger partial charge is 0.220 e. The highest BCUT2D eigenvalue weighted by Gasteiger charge is 2.15. The largest absolute Gasteiger partial charge is 0.350 e. The lowest BCUT2D eigenvalue weighted by atomic mass is 10.1. The number of unbranched alkanes of at least 4 members (excludes halogenated alkanes) is 1. The SMILES string of the molecule is O=C(CCCCC1CCSS1)NCc1nc(-c2ccccc2)cs1. The summed E-state index contributed by atoms with van der Waals surface area (Å²) in [5, 5.41) is 6.81. The van der Waals surface area contributed by atoms with Gasteiger partial charge < -0.3 is 5.32 Å². The van der Waals surface area contributed by atoms with E-state index >= 15 is 0 Å². The van der Waals surface area contributed by atoms with E-state index in [0.29, 0.717) is 13.0 Å². The predicted octanol–water partition coefficient (Wildman–Crippen LogP) is 5.14. The highest BCUT2D eigenvalue weighted by molar-refractivity contribution is 8.77. The van der Waals surface area contributed by atoms with Crippen molar-refractivity contribution in [1.82, 2.24) is 10.3 Å². The molecule has 1 aromatic carbocycles. The van der Waals surface area contributed by atoms with Gasteiger partial charge in [0.15, 0.2) is 0 Å². The lowest BCUT2D eigenvalue weighted by Gasteiger charge is -2.07. The Morgan fingerprint density at radius 2 is 2.12 bits per heavy atom. The number of carbonyl (C=O) groups is 1. The molecule has 1 unspecified atom stereocenters. The van der Waals surface area contributed by atoms with Gasteiger partial charge >= 0.3 is 0 Å². The predicted molar refractivity (Wildman–Crippen MR) is 106 cm³/mol. The number of aromatic nitrogens is 1. The number of rotatable bonds is 8. The summed E-state index contributed by atoms with van der Waals surface area (Å²) >= 11 is 1.60.